The van der Waals surface area contributed by atoms with E-state index in [9.17, 15) is 4.79 Å². The number of rotatable bonds is 7. The van der Waals surface area contributed by atoms with E-state index in [1.165, 1.54) is 11.3 Å². The van der Waals surface area contributed by atoms with Crippen molar-refractivity contribution in [3.05, 3.63) is 35.3 Å². The molecule has 0 unspecified atom stereocenters. The second-order valence-electron chi connectivity index (χ2n) is 4.39. The molecule has 2 amide bonds. The SMILES string of the molecule is CCOc1ccc(CCNC(=O)Nc2nccs2)cc1OC. The Hall–Kier alpha value is -2.28. The number of amides is 2. The molecule has 0 saturated heterocycles. The lowest BCUT2D eigenvalue weighted by Crippen LogP contribution is -2.30. The maximum atomic E-state index is 11.7. The van der Waals surface area contributed by atoms with Crippen LogP contribution in [0.3, 0.4) is 0 Å². The van der Waals surface area contributed by atoms with Crippen LogP contribution in [-0.4, -0.2) is 31.3 Å². The van der Waals surface area contributed by atoms with Crippen LogP contribution in [0.4, 0.5) is 9.93 Å². The molecule has 22 heavy (non-hydrogen) atoms. The van der Waals surface area contributed by atoms with Gasteiger partial charge in [-0.15, -0.1) is 11.3 Å². The lowest BCUT2D eigenvalue weighted by atomic mass is 10.1. The number of anilines is 1. The van der Waals surface area contributed by atoms with E-state index in [-0.39, 0.29) is 6.03 Å². The van der Waals surface area contributed by atoms with Crippen molar-refractivity contribution in [3.63, 3.8) is 0 Å². The van der Waals surface area contributed by atoms with Gasteiger partial charge in [0.1, 0.15) is 0 Å². The maximum Gasteiger partial charge on any atom is 0.321 e. The van der Waals surface area contributed by atoms with Crippen molar-refractivity contribution in [1.29, 1.82) is 0 Å². The van der Waals surface area contributed by atoms with Crippen molar-refractivity contribution in [2.75, 3.05) is 25.6 Å². The summed E-state index contributed by atoms with van der Waals surface area (Å²) in [5.41, 5.74) is 1.06. The fourth-order valence-corrected chi connectivity index (χ4v) is 2.41. The standard InChI is InChI=1S/C15H19N3O3S/c1-3-21-12-5-4-11(10-13(12)20-2)6-7-16-14(19)18-15-17-8-9-22-15/h4-5,8-10H,3,6-7H2,1-2H3,(H2,16,17,18,19). The zero-order valence-electron chi connectivity index (χ0n) is 12.6. The molecule has 118 valence electrons. The highest BCUT2D eigenvalue weighted by Crippen LogP contribution is 2.28. The molecule has 2 N–H and O–H groups in total. The molecule has 0 fully saturated rings. The van der Waals surface area contributed by atoms with Gasteiger partial charge in [0.15, 0.2) is 16.6 Å². The number of aromatic nitrogens is 1. The van der Waals surface area contributed by atoms with Gasteiger partial charge >= 0.3 is 6.03 Å². The van der Waals surface area contributed by atoms with Crippen molar-refractivity contribution in [1.82, 2.24) is 10.3 Å². The van der Waals surface area contributed by atoms with Crippen LogP contribution < -0.4 is 20.1 Å². The largest absolute Gasteiger partial charge is 0.493 e. The Labute approximate surface area is 133 Å². The molecule has 0 spiro atoms. The number of hydrogen-bond acceptors (Lipinski definition) is 5. The molecular weight excluding hydrogens is 302 g/mol. The Balaban J connectivity index is 1.82. The molecule has 7 heteroatoms. The molecule has 0 aliphatic carbocycles. The Bertz CT molecular complexity index is 602. The normalized spacial score (nSPS) is 10.1. The van der Waals surface area contributed by atoms with Gasteiger partial charge < -0.3 is 14.8 Å². The number of carbonyl (C=O) groups excluding carboxylic acids is 1. The highest BCUT2D eigenvalue weighted by atomic mass is 32.1. The van der Waals surface area contributed by atoms with E-state index in [1.807, 2.05) is 30.5 Å². The first-order valence-corrected chi connectivity index (χ1v) is 7.85. The van der Waals surface area contributed by atoms with E-state index in [2.05, 4.69) is 15.6 Å². The lowest BCUT2D eigenvalue weighted by Gasteiger charge is -2.11. The van der Waals surface area contributed by atoms with Gasteiger partial charge in [0.05, 0.1) is 13.7 Å². The number of thiazole rings is 1. The third kappa shape index (κ3) is 4.63. The summed E-state index contributed by atoms with van der Waals surface area (Å²) in [6, 6.07) is 5.51. The van der Waals surface area contributed by atoms with Crippen molar-refractivity contribution >= 4 is 22.5 Å². The molecule has 2 rings (SSSR count). The number of ether oxygens (including phenoxy) is 2. The molecule has 0 bridgehead atoms. The molecular formula is C15H19N3O3S. The van der Waals surface area contributed by atoms with E-state index >= 15 is 0 Å². The van der Waals surface area contributed by atoms with Crippen LogP contribution in [0.15, 0.2) is 29.8 Å². The van der Waals surface area contributed by atoms with Crippen molar-refractivity contribution < 1.29 is 14.3 Å². The quantitative estimate of drug-likeness (QED) is 0.822. The fourth-order valence-electron chi connectivity index (χ4n) is 1.89. The monoisotopic (exact) mass is 321 g/mol. The molecule has 0 aliphatic rings. The molecule has 2 aromatic rings. The van der Waals surface area contributed by atoms with Gasteiger partial charge in [-0.1, -0.05) is 6.07 Å². The number of hydrogen-bond donors (Lipinski definition) is 2. The summed E-state index contributed by atoms with van der Waals surface area (Å²) < 4.78 is 10.8. The van der Waals surface area contributed by atoms with E-state index in [1.54, 1.807) is 13.3 Å². The van der Waals surface area contributed by atoms with E-state index in [4.69, 9.17) is 9.47 Å². The molecule has 1 aromatic carbocycles. The molecule has 0 saturated carbocycles. The summed E-state index contributed by atoms with van der Waals surface area (Å²) in [6.45, 7) is 3.04. The highest BCUT2D eigenvalue weighted by Gasteiger charge is 2.06. The summed E-state index contributed by atoms with van der Waals surface area (Å²) in [5.74, 6) is 1.43. The Morgan fingerprint density at radius 2 is 2.23 bits per heavy atom. The summed E-state index contributed by atoms with van der Waals surface area (Å²) >= 11 is 1.38. The smallest absolute Gasteiger partial charge is 0.321 e. The summed E-state index contributed by atoms with van der Waals surface area (Å²) in [7, 11) is 1.61. The van der Waals surface area contributed by atoms with Crippen LogP contribution >= 0.6 is 11.3 Å². The van der Waals surface area contributed by atoms with Gasteiger partial charge in [-0.05, 0) is 31.0 Å². The second-order valence-corrected chi connectivity index (χ2v) is 5.28. The van der Waals surface area contributed by atoms with Crippen LogP contribution in [-0.2, 0) is 6.42 Å². The molecule has 0 atom stereocenters. The predicted molar refractivity (Wildman–Crippen MR) is 87.0 cm³/mol. The van der Waals surface area contributed by atoms with Gasteiger partial charge in [0, 0.05) is 18.1 Å². The van der Waals surface area contributed by atoms with Crippen molar-refractivity contribution in [2.45, 2.75) is 13.3 Å². The summed E-state index contributed by atoms with van der Waals surface area (Å²) in [5, 5.41) is 7.85. The van der Waals surface area contributed by atoms with Crippen LogP contribution in [0, 0.1) is 0 Å². The van der Waals surface area contributed by atoms with Crippen LogP contribution in [0.2, 0.25) is 0 Å². The zero-order chi connectivity index (χ0) is 15.8. The average molecular weight is 321 g/mol. The van der Waals surface area contributed by atoms with Crippen LogP contribution in [0.25, 0.3) is 0 Å². The van der Waals surface area contributed by atoms with Crippen molar-refractivity contribution in [2.24, 2.45) is 0 Å². The molecule has 0 radical (unpaired) electrons. The van der Waals surface area contributed by atoms with Crippen LogP contribution in [0.5, 0.6) is 11.5 Å². The number of carbonyl (C=O) groups is 1. The van der Waals surface area contributed by atoms with E-state index in [0.717, 1.165) is 11.3 Å². The fraction of sp³-hybridized carbons (Fsp3) is 0.333. The highest BCUT2D eigenvalue weighted by molar-refractivity contribution is 7.13. The first-order valence-electron chi connectivity index (χ1n) is 6.97. The van der Waals surface area contributed by atoms with Gasteiger partial charge in [0.25, 0.3) is 0 Å². The van der Waals surface area contributed by atoms with Gasteiger partial charge in [0.2, 0.25) is 0 Å². The molecule has 0 aliphatic heterocycles. The second kappa shape index (κ2) is 8.23. The minimum atomic E-state index is -0.257. The third-order valence-corrected chi connectivity index (χ3v) is 3.57. The number of nitrogens with zero attached hydrogens (tertiary/aromatic N) is 1. The van der Waals surface area contributed by atoms with Gasteiger partial charge in [-0.25, -0.2) is 9.78 Å². The number of methoxy groups -OCH3 is 1. The van der Waals surface area contributed by atoms with Gasteiger partial charge in [-0.2, -0.15) is 0 Å². The Morgan fingerprint density at radius 1 is 1.36 bits per heavy atom. The van der Waals surface area contributed by atoms with E-state index in [0.29, 0.717) is 30.5 Å². The Kier molecular flexibility index (Phi) is 6.02. The minimum Gasteiger partial charge on any atom is -0.493 e. The summed E-state index contributed by atoms with van der Waals surface area (Å²) in [4.78, 5) is 15.7. The predicted octanol–water partition coefficient (Wildman–Crippen LogP) is 2.91. The minimum absolute atomic E-state index is 0.257. The molecule has 6 nitrogen and oxygen atoms in total. The number of benzene rings is 1. The molecule has 1 aromatic heterocycles. The Morgan fingerprint density at radius 3 is 2.91 bits per heavy atom. The maximum absolute atomic E-state index is 11.7. The first-order chi connectivity index (χ1) is 10.7. The zero-order valence-corrected chi connectivity index (χ0v) is 13.4. The topological polar surface area (TPSA) is 72.5 Å². The van der Waals surface area contributed by atoms with Gasteiger partial charge in [-0.3, -0.25) is 5.32 Å². The number of nitrogens with one attached hydrogen (secondary N) is 2. The summed E-state index contributed by atoms with van der Waals surface area (Å²) in [6.07, 6.45) is 2.35. The van der Waals surface area contributed by atoms with Crippen molar-refractivity contribution in [3.8, 4) is 11.5 Å². The lowest BCUT2D eigenvalue weighted by molar-refractivity contribution is 0.252. The third-order valence-electron chi connectivity index (χ3n) is 2.88. The average Bonchev–Trinajstić information content (AvgIpc) is 3.01. The number of urea groups is 1. The molecule has 1 heterocycles. The van der Waals surface area contributed by atoms with E-state index < -0.39 is 0 Å². The first kappa shape index (κ1) is 16.1. The van der Waals surface area contributed by atoms with Crippen LogP contribution in [0.1, 0.15) is 12.5 Å².